The highest BCUT2D eigenvalue weighted by atomic mass is 19.4. The molecule has 14 heteroatoms. The van der Waals surface area contributed by atoms with Crippen molar-refractivity contribution in [2.45, 2.75) is 62.6 Å². The molecule has 0 bridgehead atoms. The summed E-state index contributed by atoms with van der Waals surface area (Å²) in [6.07, 6.45) is -3.79. The molecule has 216 valence electrons. The minimum Gasteiger partial charge on any atom is -0.497 e. The van der Waals surface area contributed by atoms with E-state index in [4.69, 9.17) is 29.3 Å². The molecule has 0 aliphatic carbocycles. The Morgan fingerprint density at radius 1 is 0.947 bits per heavy atom. The monoisotopic (exact) mass is 558 g/mol. The topological polar surface area (TPSA) is 99.5 Å². The molecule has 38 heavy (non-hydrogen) atoms. The third-order valence-corrected chi connectivity index (χ3v) is 6.66. The molecule has 1 unspecified atom stereocenters. The summed E-state index contributed by atoms with van der Waals surface area (Å²) in [5.41, 5.74) is 1.54. The van der Waals surface area contributed by atoms with Gasteiger partial charge in [-0.3, -0.25) is 9.80 Å². The average molecular weight is 559 g/mol. The summed E-state index contributed by atoms with van der Waals surface area (Å²) in [4.78, 5) is 23.0. The fourth-order valence-corrected chi connectivity index (χ4v) is 4.62. The van der Waals surface area contributed by atoms with Crippen LogP contribution in [0.15, 0.2) is 24.3 Å². The van der Waals surface area contributed by atoms with Gasteiger partial charge in [-0.25, -0.2) is 9.59 Å². The largest absolute Gasteiger partial charge is 0.497 e. The van der Waals surface area contributed by atoms with Crippen molar-refractivity contribution < 1.29 is 55.6 Å². The maximum Gasteiger partial charge on any atom is 0.490 e. The van der Waals surface area contributed by atoms with Gasteiger partial charge >= 0.3 is 24.3 Å². The number of likely N-dealkylation sites (tertiary alicyclic amines) is 2. The lowest BCUT2D eigenvalue weighted by molar-refractivity contribution is -0.193. The van der Waals surface area contributed by atoms with Gasteiger partial charge in [0.1, 0.15) is 5.75 Å². The van der Waals surface area contributed by atoms with E-state index in [9.17, 15) is 26.3 Å². The number of benzene rings is 1. The lowest BCUT2D eigenvalue weighted by Gasteiger charge is -2.39. The first-order chi connectivity index (χ1) is 17.6. The molecule has 0 radical (unpaired) electrons. The Morgan fingerprint density at radius 2 is 1.42 bits per heavy atom. The van der Waals surface area contributed by atoms with Gasteiger partial charge in [0.05, 0.1) is 19.3 Å². The highest BCUT2D eigenvalue weighted by molar-refractivity contribution is 5.73. The van der Waals surface area contributed by atoms with E-state index in [2.05, 4.69) is 34.1 Å². The summed E-state index contributed by atoms with van der Waals surface area (Å²) < 4.78 is 75.1. The Morgan fingerprint density at radius 3 is 1.84 bits per heavy atom. The fraction of sp³-hybridized carbons (Fsp3) is 0.667. The molecule has 1 atom stereocenters. The Bertz CT molecular complexity index is 871. The fourth-order valence-electron chi connectivity index (χ4n) is 4.62. The number of aliphatic carboxylic acids is 2. The van der Waals surface area contributed by atoms with Gasteiger partial charge in [0, 0.05) is 25.7 Å². The van der Waals surface area contributed by atoms with E-state index in [1.54, 1.807) is 7.11 Å². The molecule has 0 aromatic heterocycles. The van der Waals surface area contributed by atoms with Crippen molar-refractivity contribution in [3.05, 3.63) is 29.8 Å². The summed E-state index contributed by atoms with van der Waals surface area (Å²) >= 11 is 0. The molecule has 8 nitrogen and oxygen atoms in total. The molecule has 3 fully saturated rings. The molecule has 0 amide bonds. The Kier molecular flexibility index (Phi) is 11.2. The smallest absolute Gasteiger partial charge is 0.490 e. The first kappa shape index (κ1) is 31.6. The van der Waals surface area contributed by atoms with E-state index in [0.29, 0.717) is 6.04 Å². The molecular weight excluding hydrogens is 526 g/mol. The first-order valence-electron chi connectivity index (χ1n) is 12.0. The van der Waals surface area contributed by atoms with Gasteiger partial charge in [-0.1, -0.05) is 12.1 Å². The van der Waals surface area contributed by atoms with E-state index < -0.39 is 24.3 Å². The van der Waals surface area contributed by atoms with Gasteiger partial charge in [0.25, 0.3) is 0 Å². The number of alkyl halides is 6. The normalized spacial score (nSPS) is 21.7. The predicted octanol–water partition coefficient (Wildman–Crippen LogP) is 4.18. The minimum absolute atomic E-state index is 0.170. The van der Waals surface area contributed by atoms with Crippen LogP contribution in [0.4, 0.5) is 26.3 Å². The van der Waals surface area contributed by atoms with E-state index in [1.165, 1.54) is 50.8 Å². The Hall–Kier alpha value is -2.58. The van der Waals surface area contributed by atoms with Crippen molar-refractivity contribution in [1.82, 2.24) is 9.80 Å². The van der Waals surface area contributed by atoms with Crippen LogP contribution in [0, 0.1) is 0 Å². The second-order valence-electron chi connectivity index (χ2n) is 9.33. The quantitative estimate of drug-likeness (QED) is 0.532. The molecule has 3 saturated heterocycles. The number of halogens is 6. The third-order valence-electron chi connectivity index (χ3n) is 6.66. The van der Waals surface area contributed by atoms with Gasteiger partial charge in [-0.05, 0) is 62.9 Å². The summed E-state index contributed by atoms with van der Waals surface area (Å²) in [5, 5.41) is 14.2. The SMILES string of the molecule is COc1ccc(CN2CCC3(CC2)CC(N2CCCC2)CO3)cc1.O=C(O)C(F)(F)F.O=C(O)C(F)(F)F. The lowest BCUT2D eigenvalue weighted by Crippen LogP contribution is -2.44. The van der Waals surface area contributed by atoms with E-state index >= 15 is 0 Å². The van der Waals surface area contributed by atoms with Crippen molar-refractivity contribution in [2.24, 2.45) is 0 Å². The van der Waals surface area contributed by atoms with Crippen molar-refractivity contribution in [3.8, 4) is 5.75 Å². The molecule has 1 aromatic rings. The zero-order valence-corrected chi connectivity index (χ0v) is 20.9. The average Bonchev–Trinajstić information content (AvgIpc) is 3.52. The number of hydrogen-bond donors (Lipinski definition) is 2. The second kappa shape index (κ2) is 13.5. The van der Waals surface area contributed by atoms with E-state index in [1.807, 2.05) is 0 Å². The molecular formula is C24H32F6N2O6. The highest BCUT2D eigenvalue weighted by Crippen LogP contribution is 2.38. The number of hydrogen-bond acceptors (Lipinski definition) is 6. The molecule has 3 heterocycles. The molecule has 2 N–H and O–H groups in total. The number of ether oxygens (including phenoxy) is 2. The Labute approximate surface area is 216 Å². The summed E-state index contributed by atoms with van der Waals surface area (Å²) in [5.74, 6) is -4.58. The number of piperidine rings is 1. The maximum absolute atomic E-state index is 10.6. The van der Waals surface area contributed by atoms with Crippen LogP contribution in [0.2, 0.25) is 0 Å². The van der Waals surface area contributed by atoms with Crippen LogP contribution in [0.5, 0.6) is 5.75 Å². The van der Waals surface area contributed by atoms with Crippen LogP contribution in [-0.2, 0) is 20.9 Å². The van der Waals surface area contributed by atoms with Crippen LogP contribution in [-0.4, -0.2) is 95.8 Å². The van der Waals surface area contributed by atoms with E-state index in [0.717, 1.165) is 32.0 Å². The second-order valence-corrected chi connectivity index (χ2v) is 9.33. The van der Waals surface area contributed by atoms with Crippen molar-refractivity contribution in [3.63, 3.8) is 0 Å². The van der Waals surface area contributed by atoms with Crippen LogP contribution in [0.3, 0.4) is 0 Å². The van der Waals surface area contributed by atoms with Gasteiger partial charge in [-0.2, -0.15) is 26.3 Å². The van der Waals surface area contributed by atoms with E-state index in [-0.39, 0.29) is 5.60 Å². The first-order valence-corrected chi connectivity index (χ1v) is 12.0. The molecule has 3 aliphatic rings. The van der Waals surface area contributed by atoms with Gasteiger partial charge in [0.15, 0.2) is 0 Å². The predicted molar refractivity (Wildman–Crippen MR) is 123 cm³/mol. The van der Waals surface area contributed by atoms with Gasteiger partial charge in [0.2, 0.25) is 0 Å². The number of nitrogens with zero attached hydrogens (tertiary/aromatic N) is 2. The number of rotatable bonds is 4. The van der Waals surface area contributed by atoms with Crippen molar-refractivity contribution >= 4 is 11.9 Å². The van der Waals surface area contributed by atoms with Crippen LogP contribution in [0.1, 0.15) is 37.7 Å². The Balaban J connectivity index is 0.000000301. The van der Waals surface area contributed by atoms with Crippen LogP contribution < -0.4 is 4.74 Å². The number of carboxylic acid groups (broad SMARTS) is 2. The van der Waals surface area contributed by atoms with Gasteiger partial charge < -0.3 is 19.7 Å². The summed E-state index contributed by atoms with van der Waals surface area (Å²) in [7, 11) is 1.72. The minimum atomic E-state index is -5.08. The summed E-state index contributed by atoms with van der Waals surface area (Å²) in [6, 6.07) is 9.15. The lowest BCUT2D eigenvalue weighted by atomic mass is 9.87. The number of methoxy groups -OCH3 is 1. The zero-order chi connectivity index (χ0) is 28.6. The molecule has 1 spiro atoms. The zero-order valence-electron chi connectivity index (χ0n) is 20.9. The van der Waals surface area contributed by atoms with Gasteiger partial charge in [-0.15, -0.1) is 0 Å². The van der Waals surface area contributed by atoms with Crippen LogP contribution in [0.25, 0.3) is 0 Å². The van der Waals surface area contributed by atoms with Crippen molar-refractivity contribution in [2.75, 3.05) is 39.9 Å². The molecule has 4 rings (SSSR count). The standard InChI is InChI=1S/C20H30N2O2.2C2HF3O2/c1-23-19-6-4-17(5-7-19)15-21-12-8-20(9-13-21)14-18(16-24-20)22-10-2-3-11-22;2*3-2(4,5)1(6)7/h4-7,18H,2-3,8-16H2,1H3;2*(H,6,7). The third kappa shape index (κ3) is 9.95. The number of carbonyl (C=O) groups is 2. The van der Waals surface area contributed by atoms with Crippen LogP contribution >= 0.6 is 0 Å². The number of carboxylic acids is 2. The van der Waals surface area contributed by atoms with Crippen molar-refractivity contribution in [1.29, 1.82) is 0 Å². The molecule has 3 aliphatic heterocycles. The molecule has 1 aromatic carbocycles. The highest BCUT2D eigenvalue weighted by Gasteiger charge is 2.44. The summed E-state index contributed by atoms with van der Waals surface area (Å²) in [6.45, 7) is 6.87. The molecule has 0 saturated carbocycles. The maximum atomic E-state index is 10.6.